The van der Waals surface area contributed by atoms with Gasteiger partial charge in [0.25, 0.3) is 0 Å². The number of hydrogen-bond donors (Lipinski definition) is 3. The lowest BCUT2D eigenvalue weighted by atomic mass is 9.82. The number of nitrogens with zero attached hydrogens (tertiary/aromatic N) is 1. The number of likely N-dealkylation sites (tertiary alicyclic amines) is 1. The molecular weight excluding hydrogens is 271 g/mol. The first-order valence-electron chi connectivity index (χ1n) is 7.88. The van der Waals surface area contributed by atoms with Crippen molar-refractivity contribution in [3.05, 3.63) is 0 Å². The number of piperidine rings is 1. The van der Waals surface area contributed by atoms with Crippen LogP contribution in [-0.4, -0.2) is 53.9 Å². The third-order valence-corrected chi connectivity index (χ3v) is 4.03. The molecule has 0 aromatic rings. The second kappa shape index (κ2) is 13.0. The van der Waals surface area contributed by atoms with Crippen LogP contribution in [0.5, 0.6) is 0 Å². The molecule has 7 heteroatoms. The third kappa shape index (κ3) is 10.6. The normalized spacial score (nSPS) is 17.5. The summed E-state index contributed by atoms with van der Waals surface area (Å²) in [6.07, 6.45) is 7.30. The van der Waals surface area contributed by atoms with Gasteiger partial charge in [0.05, 0.1) is 0 Å². The van der Waals surface area contributed by atoms with Gasteiger partial charge in [-0.05, 0) is 57.6 Å². The summed E-state index contributed by atoms with van der Waals surface area (Å²) in [6.45, 7) is 5.84. The van der Waals surface area contributed by atoms with Crippen molar-refractivity contribution in [1.82, 2.24) is 4.90 Å². The zero-order valence-electron chi connectivity index (χ0n) is 13.0. The van der Waals surface area contributed by atoms with Gasteiger partial charge >= 0.3 is 13.3 Å². The highest BCUT2D eigenvalue weighted by molar-refractivity contribution is 6.40. The predicted molar refractivity (Wildman–Crippen MR) is 81.3 cm³/mol. The Morgan fingerprint density at radius 3 is 2.33 bits per heavy atom. The van der Waals surface area contributed by atoms with Gasteiger partial charge in [0, 0.05) is 6.04 Å². The average Bonchev–Trinajstić information content (AvgIpc) is 2.45. The second-order valence-electron chi connectivity index (χ2n) is 5.69. The minimum atomic E-state index is -1.15. The largest absolute Gasteiger partial charge is 0.451 e. The topological polar surface area (TPSA) is 104 Å². The molecule has 0 amide bonds. The SMILES string of the molecule is CCCN1CCC(C(N)CCCCB(O)O)CC1.O=C=O. The van der Waals surface area contributed by atoms with Crippen LogP contribution in [0.15, 0.2) is 0 Å². The molecule has 0 aromatic carbocycles. The molecule has 0 bridgehead atoms. The van der Waals surface area contributed by atoms with Crippen LogP contribution in [0.25, 0.3) is 0 Å². The Morgan fingerprint density at radius 1 is 1.29 bits per heavy atom. The van der Waals surface area contributed by atoms with E-state index >= 15 is 0 Å². The molecular formula is C14H29BN2O4. The molecule has 0 spiro atoms. The van der Waals surface area contributed by atoms with E-state index in [0.29, 0.717) is 18.3 Å². The predicted octanol–water partition coefficient (Wildman–Crippen LogP) is 0.495. The number of unbranched alkanes of at least 4 members (excludes halogenated alkanes) is 1. The first kappa shape index (κ1) is 20.3. The Labute approximate surface area is 127 Å². The van der Waals surface area contributed by atoms with E-state index in [1.807, 2.05) is 0 Å². The highest BCUT2D eigenvalue weighted by atomic mass is 16.4. The van der Waals surface area contributed by atoms with Crippen LogP contribution in [0.4, 0.5) is 0 Å². The lowest BCUT2D eigenvalue weighted by Crippen LogP contribution is -2.41. The van der Waals surface area contributed by atoms with Gasteiger partial charge in [-0.25, -0.2) is 0 Å². The molecule has 1 rings (SSSR count). The number of hydrogen-bond acceptors (Lipinski definition) is 6. The standard InChI is InChI=1S/C13H29BN2O2.CO2/c1-2-9-16-10-6-12(7-11-16)13(15)5-3-4-8-14(17)18;2-1-3/h12-13,17-18H,2-11,15H2,1H3;. The minimum Gasteiger partial charge on any atom is -0.427 e. The smallest absolute Gasteiger partial charge is 0.427 e. The first-order chi connectivity index (χ1) is 10.0. The fourth-order valence-electron chi connectivity index (χ4n) is 2.86. The van der Waals surface area contributed by atoms with Gasteiger partial charge in [0.2, 0.25) is 0 Å². The molecule has 1 saturated heterocycles. The maximum atomic E-state index is 8.76. The van der Waals surface area contributed by atoms with Crippen LogP contribution >= 0.6 is 0 Å². The lowest BCUT2D eigenvalue weighted by molar-refractivity contribution is -0.191. The molecule has 21 heavy (non-hydrogen) atoms. The van der Waals surface area contributed by atoms with Gasteiger partial charge < -0.3 is 20.7 Å². The maximum Gasteiger partial charge on any atom is 0.451 e. The number of carbonyl (C=O) groups excluding carboxylic acids is 2. The molecule has 0 saturated carbocycles. The Kier molecular flexibility index (Phi) is 12.5. The van der Waals surface area contributed by atoms with E-state index in [1.165, 1.54) is 38.9 Å². The van der Waals surface area contributed by atoms with Crippen molar-refractivity contribution in [3.8, 4) is 0 Å². The van der Waals surface area contributed by atoms with Crippen molar-refractivity contribution in [2.45, 2.75) is 57.8 Å². The fourth-order valence-corrected chi connectivity index (χ4v) is 2.86. The molecule has 0 aliphatic carbocycles. The van der Waals surface area contributed by atoms with E-state index in [1.54, 1.807) is 0 Å². The summed E-state index contributed by atoms with van der Waals surface area (Å²) in [5, 5.41) is 17.5. The molecule has 0 radical (unpaired) electrons. The van der Waals surface area contributed by atoms with E-state index in [0.717, 1.165) is 19.3 Å². The zero-order valence-corrected chi connectivity index (χ0v) is 13.0. The van der Waals surface area contributed by atoms with Crippen LogP contribution < -0.4 is 5.73 Å². The summed E-state index contributed by atoms with van der Waals surface area (Å²) in [6, 6.07) is 0.296. The van der Waals surface area contributed by atoms with Crippen molar-refractivity contribution in [1.29, 1.82) is 0 Å². The first-order valence-corrected chi connectivity index (χ1v) is 7.88. The summed E-state index contributed by atoms with van der Waals surface area (Å²) in [5.74, 6) is 0.664. The van der Waals surface area contributed by atoms with Crippen LogP contribution in [0, 0.1) is 5.92 Å². The lowest BCUT2D eigenvalue weighted by Gasteiger charge is -2.34. The van der Waals surface area contributed by atoms with Gasteiger partial charge in [-0.3, -0.25) is 0 Å². The molecule has 6 nitrogen and oxygen atoms in total. The van der Waals surface area contributed by atoms with Crippen molar-refractivity contribution in [2.75, 3.05) is 19.6 Å². The average molecular weight is 300 g/mol. The second-order valence-corrected chi connectivity index (χ2v) is 5.69. The van der Waals surface area contributed by atoms with Crippen LogP contribution in [0.3, 0.4) is 0 Å². The van der Waals surface area contributed by atoms with Gasteiger partial charge in [0.15, 0.2) is 0 Å². The zero-order chi connectivity index (χ0) is 16.1. The molecule has 1 heterocycles. The van der Waals surface area contributed by atoms with Crippen LogP contribution in [-0.2, 0) is 9.59 Å². The molecule has 1 aliphatic rings. The van der Waals surface area contributed by atoms with E-state index in [2.05, 4.69) is 11.8 Å². The van der Waals surface area contributed by atoms with Crippen molar-refractivity contribution in [3.63, 3.8) is 0 Å². The molecule has 1 unspecified atom stereocenters. The quantitative estimate of drug-likeness (QED) is 0.445. The number of nitrogens with two attached hydrogens (primary N) is 1. The van der Waals surface area contributed by atoms with Crippen LogP contribution in [0.1, 0.15) is 45.4 Å². The fraction of sp³-hybridized carbons (Fsp3) is 0.929. The van der Waals surface area contributed by atoms with Crippen molar-refractivity contribution in [2.24, 2.45) is 11.7 Å². The third-order valence-electron chi connectivity index (χ3n) is 4.03. The molecule has 1 fully saturated rings. The summed E-state index contributed by atoms with van der Waals surface area (Å²) in [4.78, 5) is 18.8. The Morgan fingerprint density at radius 2 is 1.86 bits per heavy atom. The van der Waals surface area contributed by atoms with Crippen molar-refractivity contribution < 1.29 is 19.6 Å². The molecule has 1 atom stereocenters. The highest BCUT2D eigenvalue weighted by Gasteiger charge is 2.23. The van der Waals surface area contributed by atoms with E-state index in [9.17, 15) is 0 Å². The Hall–Kier alpha value is -0.715. The maximum absolute atomic E-state index is 8.76. The summed E-state index contributed by atoms with van der Waals surface area (Å²) < 4.78 is 0. The molecule has 0 aromatic heterocycles. The van der Waals surface area contributed by atoms with Gasteiger partial charge in [-0.2, -0.15) is 9.59 Å². The Balaban J connectivity index is 0.00000122. The van der Waals surface area contributed by atoms with E-state index in [-0.39, 0.29) is 6.15 Å². The van der Waals surface area contributed by atoms with Gasteiger partial charge in [-0.1, -0.05) is 19.8 Å². The Bertz CT molecular complexity index is 278. The minimum absolute atomic E-state index is 0.250. The summed E-state index contributed by atoms with van der Waals surface area (Å²) in [5.41, 5.74) is 6.24. The van der Waals surface area contributed by atoms with E-state index in [4.69, 9.17) is 25.4 Å². The molecule has 122 valence electrons. The molecule has 4 N–H and O–H groups in total. The summed E-state index contributed by atoms with van der Waals surface area (Å²) >= 11 is 0. The van der Waals surface area contributed by atoms with Gasteiger partial charge in [-0.15, -0.1) is 0 Å². The summed E-state index contributed by atoms with van der Waals surface area (Å²) in [7, 11) is -1.15. The highest BCUT2D eigenvalue weighted by Crippen LogP contribution is 2.22. The van der Waals surface area contributed by atoms with Gasteiger partial charge in [0.1, 0.15) is 0 Å². The monoisotopic (exact) mass is 300 g/mol. The molecule has 1 aliphatic heterocycles. The van der Waals surface area contributed by atoms with Crippen molar-refractivity contribution >= 4 is 13.3 Å². The van der Waals surface area contributed by atoms with Crippen LogP contribution in [0.2, 0.25) is 6.32 Å². The number of rotatable bonds is 8. The van der Waals surface area contributed by atoms with E-state index < -0.39 is 7.12 Å².